The van der Waals surface area contributed by atoms with Crippen molar-refractivity contribution in [3.8, 4) is 0 Å². The minimum absolute atomic E-state index is 0.0139. The average Bonchev–Trinajstić information content (AvgIpc) is 2.22. The van der Waals surface area contributed by atoms with Gasteiger partial charge in [-0.2, -0.15) is 0 Å². The molecule has 0 spiro atoms. The number of nitrogens with one attached hydrogen (secondary N) is 1. The fraction of sp³-hybridized carbons (Fsp3) is 0.714. The van der Waals surface area contributed by atoms with Gasteiger partial charge in [-0.05, 0) is 34.1 Å². The van der Waals surface area contributed by atoms with E-state index in [0.29, 0.717) is 0 Å². The van der Waals surface area contributed by atoms with Crippen molar-refractivity contribution in [1.82, 2.24) is 9.97 Å². The predicted molar refractivity (Wildman–Crippen MR) is 78.3 cm³/mol. The van der Waals surface area contributed by atoms with E-state index in [2.05, 4.69) is 54.9 Å². The summed E-state index contributed by atoms with van der Waals surface area (Å²) < 4.78 is 0. The Morgan fingerprint density at radius 3 is 2.50 bits per heavy atom. The molecular weight excluding hydrogens is 224 g/mol. The summed E-state index contributed by atoms with van der Waals surface area (Å²) in [7, 11) is 2.08. The van der Waals surface area contributed by atoms with Gasteiger partial charge in [0.15, 0.2) is 0 Å². The van der Waals surface area contributed by atoms with Crippen molar-refractivity contribution < 1.29 is 0 Å². The first kappa shape index (κ1) is 14.7. The van der Waals surface area contributed by atoms with Crippen LogP contribution < -0.4 is 10.2 Å². The molecule has 0 aromatic carbocycles. The van der Waals surface area contributed by atoms with Crippen LogP contribution in [-0.4, -0.2) is 29.1 Å². The van der Waals surface area contributed by atoms with Gasteiger partial charge in [0.1, 0.15) is 17.5 Å². The highest BCUT2D eigenvalue weighted by molar-refractivity contribution is 5.49. The van der Waals surface area contributed by atoms with E-state index in [1.54, 1.807) is 0 Å². The summed E-state index contributed by atoms with van der Waals surface area (Å²) in [5.41, 5.74) is 0.0139. The number of hydrogen-bond donors (Lipinski definition) is 1. The van der Waals surface area contributed by atoms with Gasteiger partial charge in [-0.25, -0.2) is 9.97 Å². The summed E-state index contributed by atoms with van der Waals surface area (Å²) in [5, 5.41) is 3.40. The summed E-state index contributed by atoms with van der Waals surface area (Å²) in [6.45, 7) is 11.6. The number of aryl methyl sites for hydroxylation is 1. The van der Waals surface area contributed by atoms with Crippen LogP contribution in [-0.2, 0) is 0 Å². The first-order valence-corrected chi connectivity index (χ1v) is 6.67. The summed E-state index contributed by atoms with van der Waals surface area (Å²) in [4.78, 5) is 11.1. The van der Waals surface area contributed by atoms with Crippen LogP contribution >= 0.6 is 0 Å². The van der Waals surface area contributed by atoms with Gasteiger partial charge < -0.3 is 10.2 Å². The van der Waals surface area contributed by atoms with Gasteiger partial charge in [0.25, 0.3) is 0 Å². The quantitative estimate of drug-likeness (QED) is 0.871. The van der Waals surface area contributed by atoms with Gasteiger partial charge in [0, 0.05) is 25.2 Å². The van der Waals surface area contributed by atoms with Crippen molar-refractivity contribution in [3.63, 3.8) is 0 Å². The molecule has 1 aromatic heterocycles. The lowest BCUT2D eigenvalue weighted by Gasteiger charge is -2.23. The highest BCUT2D eigenvalue weighted by Gasteiger charge is 2.12. The SMILES string of the molecule is CCCCN(C)c1cc(NC(C)(C)C)nc(C)n1. The molecule has 1 rings (SSSR count). The standard InChI is InChI=1S/C14H26N4/c1-7-8-9-18(6)13-10-12(15-11(2)16-13)17-14(3,4)5/h10H,7-9H2,1-6H3,(H,15,16,17). The lowest BCUT2D eigenvalue weighted by molar-refractivity contribution is 0.629. The summed E-state index contributed by atoms with van der Waals surface area (Å²) in [6, 6.07) is 2.02. The van der Waals surface area contributed by atoms with E-state index < -0.39 is 0 Å². The Kier molecular flexibility index (Phi) is 4.93. The van der Waals surface area contributed by atoms with Crippen molar-refractivity contribution in [2.45, 2.75) is 53.0 Å². The zero-order valence-corrected chi connectivity index (χ0v) is 12.5. The molecule has 0 unspecified atom stereocenters. The van der Waals surface area contributed by atoms with Crippen molar-refractivity contribution in [2.24, 2.45) is 0 Å². The molecule has 4 heteroatoms. The van der Waals surface area contributed by atoms with Crippen LogP contribution in [0.5, 0.6) is 0 Å². The molecular formula is C14H26N4. The molecule has 102 valence electrons. The van der Waals surface area contributed by atoms with Crippen LogP contribution in [0.15, 0.2) is 6.07 Å². The van der Waals surface area contributed by atoms with E-state index in [0.717, 1.165) is 24.0 Å². The Morgan fingerprint density at radius 2 is 1.94 bits per heavy atom. The molecule has 0 saturated carbocycles. The Morgan fingerprint density at radius 1 is 1.28 bits per heavy atom. The average molecular weight is 250 g/mol. The molecule has 18 heavy (non-hydrogen) atoms. The second kappa shape index (κ2) is 6.03. The van der Waals surface area contributed by atoms with Crippen molar-refractivity contribution in [2.75, 3.05) is 23.8 Å². The lowest BCUT2D eigenvalue weighted by Crippen LogP contribution is -2.27. The smallest absolute Gasteiger partial charge is 0.134 e. The van der Waals surface area contributed by atoms with Crippen LogP contribution in [0.4, 0.5) is 11.6 Å². The molecule has 1 N–H and O–H groups in total. The fourth-order valence-electron chi connectivity index (χ4n) is 1.71. The van der Waals surface area contributed by atoms with E-state index in [1.807, 2.05) is 13.0 Å². The first-order chi connectivity index (χ1) is 8.31. The minimum atomic E-state index is 0.0139. The predicted octanol–water partition coefficient (Wildman–Crippen LogP) is 3.23. The summed E-state index contributed by atoms with van der Waals surface area (Å²) in [6.07, 6.45) is 2.38. The molecule has 0 atom stereocenters. The van der Waals surface area contributed by atoms with E-state index in [9.17, 15) is 0 Å². The zero-order chi connectivity index (χ0) is 13.8. The van der Waals surface area contributed by atoms with Gasteiger partial charge >= 0.3 is 0 Å². The minimum Gasteiger partial charge on any atom is -0.365 e. The largest absolute Gasteiger partial charge is 0.365 e. The topological polar surface area (TPSA) is 41.0 Å². The number of rotatable bonds is 5. The van der Waals surface area contributed by atoms with Crippen molar-refractivity contribution in [1.29, 1.82) is 0 Å². The molecule has 1 heterocycles. The van der Waals surface area contributed by atoms with Crippen molar-refractivity contribution in [3.05, 3.63) is 11.9 Å². The highest BCUT2D eigenvalue weighted by Crippen LogP contribution is 2.18. The summed E-state index contributed by atoms with van der Waals surface area (Å²) >= 11 is 0. The fourth-order valence-corrected chi connectivity index (χ4v) is 1.71. The van der Waals surface area contributed by atoms with Crippen LogP contribution in [0.3, 0.4) is 0 Å². The monoisotopic (exact) mass is 250 g/mol. The third kappa shape index (κ3) is 4.90. The van der Waals surface area contributed by atoms with Gasteiger partial charge in [-0.1, -0.05) is 13.3 Å². The molecule has 1 aromatic rings. The third-order valence-corrected chi connectivity index (χ3v) is 2.57. The molecule has 0 aliphatic heterocycles. The van der Waals surface area contributed by atoms with Gasteiger partial charge in [0.05, 0.1) is 0 Å². The van der Waals surface area contributed by atoms with E-state index >= 15 is 0 Å². The second-order valence-electron chi connectivity index (χ2n) is 5.81. The molecule has 0 radical (unpaired) electrons. The van der Waals surface area contributed by atoms with Gasteiger partial charge in [-0.15, -0.1) is 0 Å². The van der Waals surface area contributed by atoms with E-state index in [-0.39, 0.29) is 5.54 Å². The molecule has 0 aliphatic carbocycles. The van der Waals surface area contributed by atoms with E-state index in [1.165, 1.54) is 12.8 Å². The third-order valence-electron chi connectivity index (χ3n) is 2.57. The van der Waals surface area contributed by atoms with Crippen LogP contribution in [0.2, 0.25) is 0 Å². The molecule has 0 fully saturated rings. The molecule has 0 aliphatic rings. The normalized spacial score (nSPS) is 11.4. The van der Waals surface area contributed by atoms with E-state index in [4.69, 9.17) is 0 Å². The molecule has 0 amide bonds. The highest BCUT2D eigenvalue weighted by atomic mass is 15.2. The Balaban J connectivity index is 2.86. The Labute approximate surface area is 111 Å². The maximum Gasteiger partial charge on any atom is 0.134 e. The number of nitrogens with zero attached hydrogens (tertiary/aromatic N) is 3. The Hall–Kier alpha value is -1.32. The van der Waals surface area contributed by atoms with Crippen molar-refractivity contribution >= 4 is 11.6 Å². The van der Waals surface area contributed by atoms with Gasteiger partial charge in [-0.3, -0.25) is 0 Å². The summed E-state index contributed by atoms with van der Waals surface area (Å²) in [5.74, 6) is 2.69. The maximum atomic E-state index is 4.49. The van der Waals surface area contributed by atoms with Crippen LogP contribution in [0.1, 0.15) is 46.4 Å². The number of unbranched alkanes of at least 4 members (excludes halogenated alkanes) is 1. The number of anilines is 2. The van der Waals surface area contributed by atoms with Gasteiger partial charge in [0.2, 0.25) is 0 Å². The molecule has 4 nitrogen and oxygen atoms in total. The second-order valence-corrected chi connectivity index (χ2v) is 5.81. The van der Waals surface area contributed by atoms with Crippen LogP contribution in [0, 0.1) is 6.92 Å². The lowest BCUT2D eigenvalue weighted by atomic mass is 10.1. The maximum absolute atomic E-state index is 4.49. The Bertz CT molecular complexity index is 382. The molecule has 0 bridgehead atoms. The number of aromatic nitrogens is 2. The zero-order valence-electron chi connectivity index (χ0n) is 12.5. The van der Waals surface area contributed by atoms with Crippen LogP contribution in [0.25, 0.3) is 0 Å². The number of hydrogen-bond acceptors (Lipinski definition) is 4. The molecule has 0 saturated heterocycles. The first-order valence-electron chi connectivity index (χ1n) is 6.67.